The lowest BCUT2D eigenvalue weighted by Crippen LogP contribution is -2.12. The number of nitrogens with zero attached hydrogens (tertiary/aromatic N) is 1. The molecular weight excluding hydrogens is 491 g/mol. The Morgan fingerprint density at radius 1 is 1.08 bits per heavy atom. The number of thioether (sulfide) groups is 1. The number of aliphatic carboxylic acids is 1. The Hall–Kier alpha value is -3.46. The lowest BCUT2D eigenvalue weighted by atomic mass is 10.0. The maximum Gasteiger partial charge on any atom is 0.416 e. The number of carboxylic acids is 1. The van der Waals surface area contributed by atoms with Crippen LogP contribution in [-0.2, 0) is 22.1 Å². The number of carboxylic acid groups (broad SMARTS) is 1. The van der Waals surface area contributed by atoms with E-state index in [0.29, 0.717) is 28.8 Å². The van der Waals surface area contributed by atoms with Crippen molar-refractivity contribution in [3.05, 3.63) is 77.4 Å². The predicted octanol–water partition coefficient (Wildman–Crippen LogP) is 7.57. The second-order valence-electron chi connectivity index (χ2n) is 8.67. The van der Waals surface area contributed by atoms with Crippen molar-refractivity contribution in [2.24, 2.45) is 0 Å². The molecule has 0 aliphatic heterocycles. The van der Waals surface area contributed by atoms with Crippen molar-refractivity contribution in [1.82, 2.24) is 4.98 Å². The maximum atomic E-state index is 12.9. The Balaban J connectivity index is 1.63. The van der Waals surface area contributed by atoms with Crippen LogP contribution >= 0.6 is 11.8 Å². The van der Waals surface area contributed by atoms with Crippen LogP contribution in [0.2, 0.25) is 0 Å². The average molecular weight is 516 g/mol. The van der Waals surface area contributed by atoms with Gasteiger partial charge in [0.05, 0.1) is 5.56 Å². The molecule has 4 rings (SSSR count). The molecule has 0 spiro atoms. The topological polar surface area (TPSA) is 72.6 Å². The van der Waals surface area contributed by atoms with E-state index in [1.807, 2.05) is 45.0 Å². The molecule has 0 amide bonds. The minimum Gasteiger partial charge on any atom is -0.482 e. The van der Waals surface area contributed by atoms with Gasteiger partial charge in [0, 0.05) is 20.8 Å². The van der Waals surface area contributed by atoms with Gasteiger partial charge in [-0.05, 0) is 74.4 Å². The van der Waals surface area contributed by atoms with Gasteiger partial charge in [0.25, 0.3) is 0 Å². The van der Waals surface area contributed by atoms with Gasteiger partial charge in [-0.15, -0.1) is 11.8 Å². The molecule has 0 radical (unpaired) electrons. The molecule has 9 heteroatoms. The van der Waals surface area contributed by atoms with Crippen molar-refractivity contribution >= 4 is 28.8 Å². The van der Waals surface area contributed by atoms with Gasteiger partial charge in [0.1, 0.15) is 11.3 Å². The molecule has 36 heavy (non-hydrogen) atoms. The monoisotopic (exact) mass is 515 g/mol. The molecule has 4 aromatic rings. The van der Waals surface area contributed by atoms with Gasteiger partial charge in [-0.3, -0.25) is 0 Å². The summed E-state index contributed by atoms with van der Waals surface area (Å²) >= 11 is 1.60. The smallest absolute Gasteiger partial charge is 0.416 e. The lowest BCUT2D eigenvalue weighted by Gasteiger charge is -2.25. The van der Waals surface area contributed by atoms with Crippen LogP contribution in [0.4, 0.5) is 13.2 Å². The summed E-state index contributed by atoms with van der Waals surface area (Å²) in [6.07, 6.45) is -3.73. The highest BCUT2D eigenvalue weighted by molar-refractivity contribution is 8.00. The van der Waals surface area contributed by atoms with Gasteiger partial charge >= 0.3 is 12.1 Å². The molecule has 0 unspecified atom stereocenters. The van der Waals surface area contributed by atoms with E-state index in [4.69, 9.17) is 14.3 Å². The zero-order chi connectivity index (χ0) is 26.1. The third-order valence-corrected chi connectivity index (χ3v) is 6.88. The van der Waals surface area contributed by atoms with Crippen molar-refractivity contribution in [3.8, 4) is 17.2 Å². The van der Waals surface area contributed by atoms with Gasteiger partial charge < -0.3 is 14.3 Å². The number of aryl methyl sites for hydroxylation is 1. The van der Waals surface area contributed by atoms with Crippen LogP contribution in [0.1, 0.15) is 37.5 Å². The van der Waals surface area contributed by atoms with E-state index in [2.05, 4.69) is 4.98 Å². The molecule has 1 N–H and O–H groups in total. The number of para-hydroxylation sites is 1. The van der Waals surface area contributed by atoms with Crippen LogP contribution in [0.25, 0.3) is 22.6 Å². The summed E-state index contributed by atoms with van der Waals surface area (Å²) in [4.78, 5) is 16.3. The fourth-order valence-corrected chi connectivity index (χ4v) is 5.07. The van der Waals surface area contributed by atoms with Crippen molar-refractivity contribution in [2.75, 3.05) is 6.61 Å². The molecule has 1 heterocycles. The Labute approximate surface area is 210 Å². The molecular formula is C27H24F3NO4S. The number of rotatable bonds is 8. The summed E-state index contributed by atoms with van der Waals surface area (Å²) in [5, 5.41) is 8.89. The Morgan fingerprint density at radius 2 is 1.81 bits per heavy atom. The van der Waals surface area contributed by atoms with Gasteiger partial charge in [-0.1, -0.05) is 19.1 Å². The number of carbonyl (C=O) groups is 1. The zero-order valence-corrected chi connectivity index (χ0v) is 20.7. The standard InChI is InChI=1S/C27H24F3NO4S/c1-4-16-14-19(12-13-22(16)34-15-23(32)33)36-26(2,3)20-6-5-7-21-24(20)35-25(31-21)17-8-10-18(11-9-17)27(28,29)30/h5-14H,4,15H2,1-3H3,(H,32,33). The first-order chi connectivity index (χ1) is 17.0. The third kappa shape index (κ3) is 5.51. The fourth-order valence-electron chi connectivity index (χ4n) is 3.87. The van der Waals surface area contributed by atoms with Gasteiger partial charge in [-0.25, -0.2) is 9.78 Å². The van der Waals surface area contributed by atoms with E-state index in [-0.39, 0.29) is 5.89 Å². The molecule has 3 aromatic carbocycles. The predicted molar refractivity (Wildman–Crippen MR) is 132 cm³/mol. The largest absolute Gasteiger partial charge is 0.482 e. The molecule has 0 saturated heterocycles. The van der Waals surface area contributed by atoms with Crippen LogP contribution in [0, 0.1) is 0 Å². The number of fused-ring (bicyclic) bond motifs is 1. The normalized spacial score (nSPS) is 12.2. The quantitative estimate of drug-likeness (QED) is 0.244. The number of aromatic nitrogens is 1. The van der Waals surface area contributed by atoms with E-state index in [0.717, 1.165) is 28.2 Å². The molecule has 188 valence electrons. The first-order valence-electron chi connectivity index (χ1n) is 11.2. The number of halogens is 3. The third-order valence-electron chi connectivity index (χ3n) is 5.66. The molecule has 0 aliphatic carbocycles. The van der Waals surface area contributed by atoms with E-state index in [9.17, 15) is 18.0 Å². The van der Waals surface area contributed by atoms with Crippen LogP contribution in [-0.4, -0.2) is 22.7 Å². The van der Waals surface area contributed by atoms with Crippen LogP contribution in [0.15, 0.2) is 70.0 Å². The summed E-state index contributed by atoms with van der Waals surface area (Å²) in [6.45, 7) is 5.67. The summed E-state index contributed by atoms with van der Waals surface area (Å²) in [5.41, 5.74) is 2.70. The molecule has 0 atom stereocenters. The molecule has 0 fully saturated rings. The molecule has 5 nitrogen and oxygen atoms in total. The highest BCUT2D eigenvalue weighted by Crippen LogP contribution is 2.45. The number of benzene rings is 3. The summed E-state index contributed by atoms with van der Waals surface area (Å²) < 4.78 is 49.8. The molecule has 0 aliphatic rings. The number of oxazole rings is 1. The first-order valence-corrected chi connectivity index (χ1v) is 12.0. The lowest BCUT2D eigenvalue weighted by molar-refractivity contribution is -0.139. The fraction of sp³-hybridized carbons (Fsp3) is 0.259. The zero-order valence-electron chi connectivity index (χ0n) is 19.8. The van der Waals surface area contributed by atoms with E-state index in [1.54, 1.807) is 23.9 Å². The minimum absolute atomic E-state index is 0.250. The van der Waals surface area contributed by atoms with Crippen LogP contribution in [0.5, 0.6) is 5.75 Å². The Morgan fingerprint density at radius 3 is 2.44 bits per heavy atom. The summed E-state index contributed by atoms with van der Waals surface area (Å²) in [7, 11) is 0. The van der Waals surface area contributed by atoms with Gasteiger partial charge in [0.2, 0.25) is 5.89 Å². The van der Waals surface area contributed by atoms with Crippen LogP contribution in [0.3, 0.4) is 0 Å². The number of alkyl halides is 3. The van der Waals surface area contributed by atoms with Crippen molar-refractivity contribution in [2.45, 2.75) is 43.0 Å². The molecule has 0 bridgehead atoms. The van der Waals surface area contributed by atoms with Crippen LogP contribution < -0.4 is 4.74 Å². The minimum atomic E-state index is -4.41. The van der Waals surface area contributed by atoms with Crippen molar-refractivity contribution in [3.63, 3.8) is 0 Å². The molecule has 0 saturated carbocycles. The molecule has 1 aromatic heterocycles. The maximum absolute atomic E-state index is 12.9. The van der Waals surface area contributed by atoms with Crippen molar-refractivity contribution in [1.29, 1.82) is 0 Å². The van der Waals surface area contributed by atoms with Crippen molar-refractivity contribution < 1.29 is 32.2 Å². The highest BCUT2D eigenvalue weighted by Gasteiger charge is 2.31. The summed E-state index contributed by atoms with van der Waals surface area (Å²) in [5.74, 6) is -0.242. The van der Waals surface area contributed by atoms with E-state index >= 15 is 0 Å². The number of hydrogen-bond acceptors (Lipinski definition) is 5. The van der Waals surface area contributed by atoms with E-state index < -0.39 is 29.1 Å². The first kappa shape index (κ1) is 25.6. The number of hydrogen-bond donors (Lipinski definition) is 1. The van der Waals surface area contributed by atoms with Gasteiger partial charge in [0.15, 0.2) is 12.2 Å². The summed E-state index contributed by atoms with van der Waals surface area (Å²) in [6, 6.07) is 16.0. The Bertz CT molecular complexity index is 1390. The van der Waals surface area contributed by atoms with Gasteiger partial charge in [-0.2, -0.15) is 13.2 Å². The second-order valence-corrected chi connectivity index (χ2v) is 10.4. The average Bonchev–Trinajstić information content (AvgIpc) is 3.26. The number of ether oxygens (including phenoxy) is 1. The highest BCUT2D eigenvalue weighted by atomic mass is 32.2. The van der Waals surface area contributed by atoms with E-state index in [1.165, 1.54) is 12.1 Å². The Kier molecular flexibility index (Phi) is 7.04. The second kappa shape index (κ2) is 9.89. The SMILES string of the molecule is CCc1cc(SC(C)(C)c2cccc3nc(-c4ccc(C(F)(F)F)cc4)oc23)ccc1OCC(=O)O.